The number of halogens is 6. The first-order chi connectivity index (χ1) is 18.8. The molecule has 0 aliphatic heterocycles. The number of rotatable bonds is 9. The molecule has 0 saturated heterocycles. The molecule has 3 N–H and O–H groups in total. The molecule has 39 heavy (non-hydrogen) atoms. The van der Waals surface area contributed by atoms with Crippen molar-refractivity contribution in [3.05, 3.63) is 101 Å². The predicted molar refractivity (Wildman–Crippen MR) is 133 cm³/mol. The van der Waals surface area contributed by atoms with Gasteiger partial charge in [0.25, 0.3) is 0 Å². The van der Waals surface area contributed by atoms with Gasteiger partial charge in [-0.2, -0.15) is 20.2 Å². The Bertz CT molecular complexity index is 1480. The molecule has 0 bridgehead atoms. The Labute approximate surface area is 217 Å². The molecule has 0 spiro atoms. The van der Waals surface area contributed by atoms with E-state index < -0.39 is 34.9 Å². The Balaban J connectivity index is 1.60. The maximum absolute atomic E-state index is 13.9. The van der Waals surface area contributed by atoms with Crippen LogP contribution in [0.15, 0.2) is 64.8 Å². The van der Waals surface area contributed by atoms with Gasteiger partial charge in [-0.3, -0.25) is 5.43 Å². The molecule has 0 saturated carbocycles. The van der Waals surface area contributed by atoms with Gasteiger partial charge in [-0.25, -0.2) is 31.8 Å². The summed E-state index contributed by atoms with van der Waals surface area (Å²) in [5.74, 6) is -8.33. The topological polar surface area (TPSA) is 95.8 Å². The molecule has 0 amide bonds. The minimum Gasteiger partial charge on any atom is -0.495 e. The summed E-state index contributed by atoms with van der Waals surface area (Å²) in [6.45, 7) is 0. The van der Waals surface area contributed by atoms with E-state index in [9.17, 15) is 26.3 Å². The Kier molecular flexibility index (Phi) is 8.24. The van der Waals surface area contributed by atoms with Crippen LogP contribution in [0.4, 0.5) is 49.6 Å². The third-order valence-corrected chi connectivity index (χ3v) is 4.98. The van der Waals surface area contributed by atoms with Gasteiger partial charge in [0.05, 0.1) is 25.2 Å². The van der Waals surface area contributed by atoms with Crippen molar-refractivity contribution >= 4 is 35.7 Å². The van der Waals surface area contributed by atoms with Gasteiger partial charge < -0.3 is 10.1 Å². The van der Waals surface area contributed by atoms with Crippen LogP contribution in [0.5, 0.6) is 5.75 Å². The van der Waals surface area contributed by atoms with Gasteiger partial charge in [0.1, 0.15) is 11.6 Å². The lowest BCUT2D eigenvalue weighted by molar-refractivity contribution is 0.417. The number of aromatic nitrogens is 2. The van der Waals surface area contributed by atoms with Gasteiger partial charge in [0.15, 0.2) is 40.7 Å². The summed E-state index contributed by atoms with van der Waals surface area (Å²) in [4.78, 5) is 8.32. The molecule has 1 heterocycles. The van der Waals surface area contributed by atoms with Gasteiger partial charge in [-0.05, 0) is 36.4 Å². The van der Waals surface area contributed by atoms with Crippen LogP contribution < -0.4 is 20.9 Å². The lowest BCUT2D eigenvalue weighted by atomic mass is 10.2. The quantitative estimate of drug-likeness (QED) is 0.104. The molecule has 3 aromatic carbocycles. The van der Waals surface area contributed by atoms with Crippen LogP contribution in [0.1, 0.15) is 11.1 Å². The number of hydrogen-bond acceptors (Lipinski definition) is 8. The number of anilines is 4. The summed E-state index contributed by atoms with van der Waals surface area (Å²) in [5.41, 5.74) is 4.78. The fraction of sp³-hybridized carbons (Fsp3) is 0.0400. The number of hydrazone groups is 2. The van der Waals surface area contributed by atoms with Gasteiger partial charge in [-0.15, -0.1) is 0 Å². The summed E-state index contributed by atoms with van der Waals surface area (Å²) in [6.07, 6.45) is 1.79. The van der Waals surface area contributed by atoms with E-state index in [1.54, 1.807) is 24.3 Å². The maximum Gasteiger partial charge on any atom is 0.247 e. The highest BCUT2D eigenvalue weighted by molar-refractivity contribution is 5.81. The molecule has 0 unspecified atom stereocenters. The molecule has 8 nitrogen and oxygen atoms in total. The van der Waals surface area contributed by atoms with Gasteiger partial charge in [-0.1, -0.05) is 12.1 Å². The van der Waals surface area contributed by atoms with Crippen LogP contribution in [0.2, 0.25) is 0 Å². The average Bonchev–Trinajstić information content (AvgIpc) is 2.93. The van der Waals surface area contributed by atoms with Crippen molar-refractivity contribution in [1.82, 2.24) is 9.97 Å². The van der Waals surface area contributed by atoms with Crippen LogP contribution in [-0.2, 0) is 0 Å². The van der Waals surface area contributed by atoms with Crippen molar-refractivity contribution in [3.63, 3.8) is 0 Å². The monoisotopic (exact) mass is 545 g/mol. The predicted octanol–water partition coefficient (Wildman–Crippen LogP) is 5.96. The van der Waals surface area contributed by atoms with Crippen molar-refractivity contribution in [1.29, 1.82) is 0 Å². The van der Waals surface area contributed by atoms with Gasteiger partial charge >= 0.3 is 0 Å². The zero-order chi connectivity index (χ0) is 27.9. The SMILES string of the molecule is COc1ccccc1Nc1cc(NN=Cc2ccc(F)c(F)c2F)nc(NN=Cc2ccc(F)c(F)c2F)n1. The number of nitrogens with one attached hydrogen (secondary N) is 3. The summed E-state index contributed by atoms with van der Waals surface area (Å²) in [7, 11) is 1.47. The van der Waals surface area contributed by atoms with Gasteiger partial charge in [0, 0.05) is 17.2 Å². The Hall–Kier alpha value is -5.14. The summed E-state index contributed by atoms with van der Waals surface area (Å²) < 4.78 is 86.3. The highest BCUT2D eigenvalue weighted by Crippen LogP contribution is 2.27. The molecule has 200 valence electrons. The van der Waals surface area contributed by atoms with Crippen molar-refractivity contribution in [2.24, 2.45) is 10.2 Å². The molecule has 0 aliphatic rings. The standard InChI is InChI=1S/C25H17F6N7O/c1-39-18-5-3-2-4-17(18)34-19-10-20(37-32-11-13-6-8-15(26)23(30)21(13)28)36-25(35-19)38-33-12-14-7-9-16(27)24(31)22(14)29/h2-12H,1H3,(H3,34,35,36,37,38). The minimum absolute atomic E-state index is 0.0262. The van der Waals surface area contributed by atoms with E-state index >= 15 is 0 Å². The van der Waals surface area contributed by atoms with E-state index in [0.717, 1.165) is 36.7 Å². The second kappa shape index (κ2) is 11.9. The molecule has 0 aliphatic carbocycles. The minimum atomic E-state index is -1.65. The Morgan fingerprint density at radius 3 is 1.87 bits per heavy atom. The molecule has 0 atom stereocenters. The highest BCUT2D eigenvalue weighted by Gasteiger charge is 2.13. The number of ether oxygens (including phenoxy) is 1. The van der Waals surface area contributed by atoms with E-state index in [4.69, 9.17) is 4.74 Å². The zero-order valence-electron chi connectivity index (χ0n) is 19.8. The van der Waals surface area contributed by atoms with Crippen LogP contribution in [0, 0.1) is 34.9 Å². The van der Waals surface area contributed by atoms with Crippen molar-refractivity contribution < 1.29 is 31.1 Å². The summed E-state index contributed by atoms with van der Waals surface area (Å²) in [6, 6.07) is 11.8. The summed E-state index contributed by atoms with van der Waals surface area (Å²) >= 11 is 0. The molecule has 14 heteroatoms. The first-order valence-electron chi connectivity index (χ1n) is 10.9. The smallest absolute Gasteiger partial charge is 0.247 e. The van der Waals surface area contributed by atoms with E-state index in [0.29, 0.717) is 11.4 Å². The van der Waals surface area contributed by atoms with Gasteiger partial charge in [0.2, 0.25) is 5.95 Å². The lowest BCUT2D eigenvalue weighted by Gasteiger charge is -2.12. The number of para-hydroxylation sites is 2. The van der Waals surface area contributed by atoms with E-state index in [2.05, 4.69) is 36.3 Å². The molecule has 0 fully saturated rings. The van der Waals surface area contributed by atoms with Crippen LogP contribution in [0.3, 0.4) is 0 Å². The van der Waals surface area contributed by atoms with Crippen LogP contribution in [0.25, 0.3) is 0 Å². The fourth-order valence-corrected chi connectivity index (χ4v) is 3.11. The number of benzene rings is 3. The molecule has 4 rings (SSSR count). The molecule has 4 aromatic rings. The third-order valence-electron chi connectivity index (χ3n) is 4.98. The van der Waals surface area contributed by atoms with Crippen molar-refractivity contribution in [2.45, 2.75) is 0 Å². The Morgan fingerprint density at radius 1 is 0.692 bits per heavy atom. The van der Waals surface area contributed by atoms with Crippen LogP contribution in [-0.4, -0.2) is 29.5 Å². The number of methoxy groups -OCH3 is 1. The first kappa shape index (κ1) is 26.9. The molecule has 0 radical (unpaired) electrons. The normalized spacial score (nSPS) is 11.3. The second-order valence-electron chi connectivity index (χ2n) is 7.56. The molecular weight excluding hydrogens is 528 g/mol. The molecular formula is C25H17F6N7O. The average molecular weight is 545 g/mol. The number of hydrogen-bond donors (Lipinski definition) is 3. The Morgan fingerprint density at radius 2 is 1.26 bits per heavy atom. The van der Waals surface area contributed by atoms with Crippen LogP contribution >= 0.6 is 0 Å². The second-order valence-corrected chi connectivity index (χ2v) is 7.56. The van der Waals surface area contributed by atoms with E-state index in [1.165, 1.54) is 13.2 Å². The fourth-order valence-electron chi connectivity index (χ4n) is 3.11. The van der Waals surface area contributed by atoms with Crippen molar-refractivity contribution in [3.8, 4) is 5.75 Å². The summed E-state index contributed by atoms with van der Waals surface area (Å²) in [5, 5.41) is 10.5. The third kappa shape index (κ3) is 6.41. The number of nitrogens with zero attached hydrogens (tertiary/aromatic N) is 4. The maximum atomic E-state index is 13.9. The first-order valence-corrected chi connectivity index (χ1v) is 10.9. The van der Waals surface area contributed by atoms with E-state index in [1.807, 2.05) is 0 Å². The zero-order valence-corrected chi connectivity index (χ0v) is 19.8. The lowest BCUT2D eigenvalue weighted by Crippen LogP contribution is -2.05. The van der Waals surface area contributed by atoms with Crippen molar-refractivity contribution in [2.75, 3.05) is 23.3 Å². The largest absolute Gasteiger partial charge is 0.495 e. The molecule has 1 aromatic heterocycles. The highest BCUT2D eigenvalue weighted by atomic mass is 19.2. The van der Waals surface area contributed by atoms with E-state index in [-0.39, 0.29) is 28.7 Å².